The van der Waals surface area contributed by atoms with E-state index in [1.165, 1.54) is 42.5 Å². The van der Waals surface area contributed by atoms with Gasteiger partial charge in [0, 0.05) is 16.1 Å². The zero-order chi connectivity index (χ0) is 15.7. The van der Waals surface area contributed by atoms with E-state index in [2.05, 4.69) is 5.10 Å². The molecule has 0 N–H and O–H groups in total. The Labute approximate surface area is 128 Å². The second kappa shape index (κ2) is 5.73. The number of halogens is 3. The van der Waals surface area contributed by atoms with Crippen LogP contribution in [0.25, 0.3) is 11.5 Å². The lowest BCUT2D eigenvalue weighted by molar-refractivity contribution is 0.490. The molecule has 0 aliphatic carbocycles. The van der Waals surface area contributed by atoms with Crippen molar-refractivity contribution in [2.45, 2.75) is 6.54 Å². The quantitative estimate of drug-likeness (QED) is 0.741. The van der Waals surface area contributed by atoms with Crippen LogP contribution in [0.2, 0.25) is 5.02 Å². The third kappa shape index (κ3) is 2.78. The van der Waals surface area contributed by atoms with E-state index in [9.17, 15) is 13.6 Å². The molecule has 112 valence electrons. The van der Waals surface area contributed by atoms with Crippen molar-refractivity contribution < 1.29 is 13.2 Å². The minimum Gasteiger partial charge on any atom is -0.388 e. The van der Waals surface area contributed by atoms with Crippen molar-refractivity contribution in [3.8, 4) is 11.5 Å². The maximum Gasteiger partial charge on any atom is 0.437 e. The van der Waals surface area contributed by atoms with Gasteiger partial charge in [-0.3, -0.25) is 0 Å². The number of rotatable bonds is 3. The molecule has 0 atom stereocenters. The van der Waals surface area contributed by atoms with Crippen LogP contribution in [0, 0.1) is 11.6 Å². The van der Waals surface area contributed by atoms with Gasteiger partial charge in [-0.15, -0.1) is 5.10 Å². The maximum absolute atomic E-state index is 13.7. The molecule has 3 aromatic rings. The largest absolute Gasteiger partial charge is 0.437 e. The average Bonchev–Trinajstić information content (AvgIpc) is 2.85. The Bertz CT molecular complexity index is 852. The predicted octanol–water partition coefficient (Wildman–Crippen LogP) is 3.48. The fourth-order valence-electron chi connectivity index (χ4n) is 1.95. The van der Waals surface area contributed by atoms with E-state index in [-0.39, 0.29) is 23.0 Å². The monoisotopic (exact) mass is 322 g/mol. The van der Waals surface area contributed by atoms with Gasteiger partial charge in [0.15, 0.2) is 0 Å². The van der Waals surface area contributed by atoms with E-state index in [1.54, 1.807) is 0 Å². The van der Waals surface area contributed by atoms with Crippen molar-refractivity contribution in [2.75, 3.05) is 0 Å². The van der Waals surface area contributed by atoms with E-state index < -0.39 is 17.4 Å². The summed E-state index contributed by atoms with van der Waals surface area (Å²) in [5.74, 6) is -1.68. The molecule has 2 aromatic carbocycles. The van der Waals surface area contributed by atoms with E-state index in [0.717, 1.165) is 4.68 Å². The number of aromatic nitrogens is 2. The first-order valence-electron chi connectivity index (χ1n) is 6.31. The minimum atomic E-state index is -0.751. The van der Waals surface area contributed by atoms with Crippen LogP contribution in [0.15, 0.2) is 51.7 Å². The Hall–Kier alpha value is -2.47. The second-order valence-corrected chi connectivity index (χ2v) is 4.95. The molecule has 4 nitrogen and oxygen atoms in total. The molecule has 0 amide bonds. The van der Waals surface area contributed by atoms with E-state index >= 15 is 0 Å². The summed E-state index contributed by atoms with van der Waals surface area (Å²) in [4.78, 5) is 11.8. The van der Waals surface area contributed by atoms with E-state index in [0.29, 0.717) is 5.56 Å². The average molecular weight is 323 g/mol. The van der Waals surface area contributed by atoms with Crippen molar-refractivity contribution in [3.05, 3.63) is 75.2 Å². The third-order valence-corrected chi connectivity index (χ3v) is 3.42. The van der Waals surface area contributed by atoms with Crippen LogP contribution in [0.3, 0.4) is 0 Å². The Morgan fingerprint density at radius 1 is 1.14 bits per heavy atom. The highest BCUT2D eigenvalue weighted by atomic mass is 35.5. The van der Waals surface area contributed by atoms with Crippen molar-refractivity contribution in [1.82, 2.24) is 9.78 Å². The summed E-state index contributed by atoms with van der Waals surface area (Å²) in [6.07, 6.45) is 0. The molecule has 0 saturated carbocycles. The van der Waals surface area contributed by atoms with Crippen molar-refractivity contribution in [2.24, 2.45) is 0 Å². The highest BCUT2D eigenvalue weighted by Gasteiger charge is 2.14. The summed E-state index contributed by atoms with van der Waals surface area (Å²) in [6, 6.07) is 9.54. The Kier molecular flexibility index (Phi) is 3.77. The Morgan fingerprint density at radius 3 is 2.55 bits per heavy atom. The number of hydrogen-bond donors (Lipinski definition) is 0. The first kappa shape index (κ1) is 14.5. The molecule has 7 heteroatoms. The first-order valence-corrected chi connectivity index (χ1v) is 6.69. The normalized spacial score (nSPS) is 10.9. The van der Waals surface area contributed by atoms with E-state index in [4.69, 9.17) is 16.0 Å². The molecular weight excluding hydrogens is 314 g/mol. The number of hydrogen-bond acceptors (Lipinski definition) is 3. The molecule has 22 heavy (non-hydrogen) atoms. The molecular formula is C15H9ClF2N2O2. The van der Waals surface area contributed by atoms with Gasteiger partial charge >= 0.3 is 5.76 Å². The first-order chi connectivity index (χ1) is 10.5. The van der Waals surface area contributed by atoms with Gasteiger partial charge < -0.3 is 4.42 Å². The molecule has 0 aliphatic rings. The predicted molar refractivity (Wildman–Crippen MR) is 76.7 cm³/mol. The lowest BCUT2D eigenvalue weighted by Gasteiger charge is -2.03. The zero-order valence-electron chi connectivity index (χ0n) is 11.1. The smallest absolute Gasteiger partial charge is 0.388 e. The van der Waals surface area contributed by atoms with Gasteiger partial charge in [-0.25, -0.2) is 13.6 Å². The van der Waals surface area contributed by atoms with Crippen molar-refractivity contribution in [3.63, 3.8) is 0 Å². The van der Waals surface area contributed by atoms with Crippen LogP contribution in [-0.2, 0) is 6.54 Å². The minimum absolute atomic E-state index is 0.0254. The van der Waals surface area contributed by atoms with Crippen LogP contribution >= 0.6 is 11.6 Å². The SMILES string of the molecule is O=c1oc(-c2ccc(F)cc2)nn1Cc1c(F)cccc1Cl. The van der Waals surface area contributed by atoms with Crippen LogP contribution in [-0.4, -0.2) is 9.78 Å². The topological polar surface area (TPSA) is 48.0 Å². The molecule has 1 heterocycles. The lowest BCUT2D eigenvalue weighted by Crippen LogP contribution is -2.17. The standard InChI is InChI=1S/C15H9ClF2N2O2/c16-12-2-1-3-13(18)11(12)8-20-15(21)22-14(19-20)9-4-6-10(17)7-5-9/h1-7H,8H2. The van der Waals surface area contributed by atoms with Gasteiger partial charge in [-0.2, -0.15) is 4.68 Å². The second-order valence-electron chi connectivity index (χ2n) is 4.54. The molecule has 0 spiro atoms. The molecule has 0 saturated heterocycles. The summed E-state index contributed by atoms with van der Waals surface area (Å²) in [5.41, 5.74) is 0.585. The molecule has 1 aromatic heterocycles. The molecule has 0 bridgehead atoms. The van der Waals surface area contributed by atoms with Gasteiger partial charge in [0.1, 0.15) is 11.6 Å². The van der Waals surface area contributed by atoms with Crippen molar-refractivity contribution >= 4 is 11.6 Å². The molecule has 3 rings (SSSR count). The zero-order valence-corrected chi connectivity index (χ0v) is 11.8. The molecule has 0 radical (unpaired) electrons. The van der Waals surface area contributed by atoms with Gasteiger partial charge in [0.05, 0.1) is 6.54 Å². The van der Waals surface area contributed by atoms with Crippen LogP contribution in [0.1, 0.15) is 5.56 Å². The maximum atomic E-state index is 13.7. The highest BCUT2D eigenvalue weighted by Crippen LogP contribution is 2.20. The van der Waals surface area contributed by atoms with Gasteiger partial charge in [0.2, 0.25) is 5.89 Å². The summed E-state index contributed by atoms with van der Waals surface area (Å²) in [5, 5.41) is 4.17. The number of nitrogens with zero attached hydrogens (tertiary/aromatic N) is 2. The van der Waals surface area contributed by atoms with Gasteiger partial charge in [-0.05, 0) is 36.4 Å². The van der Waals surface area contributed by atoms with Crippen LogP contribution in [0.4, 0.5) is 8.78 Å². The molecule has 0 aliphatic heterocycles. The fraction of sp³-hybridized carbons (Fsp3) is 0.0667. The fourth-order valence-corrected chi connectivity index (χ4v) is 2.17. The Morgan fingerprint density at radius 2 is 1.86 bits per heavy atom. The molecule has 0 unspecified atom stereocenters. The van der Waals surface area contributed by atoms with Crippen LogP contribution in [0.5, 0.6) is 0 Å². The van der Waals surface area contributed by atoms with Crippen LogP contribution < -0.4 is 5.76 Å². The molecule has 0 fully saturated rings. The summed E-state index contributed by atoms with van der Waals surface area (Å²) in [7, 11) is 0. The number of benzene rings is 2. The summed E-state index contributed by atoms with van der Waals surface area (Å²) < 4.78 is 32.6. The highest BCUT2D eigenvalue weighted by molar-refractivity contribution is 6.31. The van der Waals surface area contributed by atoms with Gasteiger partial charge in [0.25, 0.3) is 0 Å². The summed E-state index contributed by atoms with van der Waals surface area (Å²) in [6.45, 7) is -0.158. The lowest BCUT2D eigenvalue weighted by atomic mass is 10.2. The summed E-state index contributed by atoms with van der Waals surface area (Å²) >= 11 is 5.92. The third-order valence-electron chi connectivity index (χ3n) is 3.07. The van der Waals surface area contributed by atoms with Gasteiger partial charge in [-0.1, -0.05) is 17.7 Å². The van der Waals surface area contributed by atoms with E-state index in [1.807, 2.05) is 0 Å². The Balaban J connectivity index is 1.96. The van der Waals surface area contributed by atoms with Crippen molar-refractivity contribution in [1.29, 1.82) is 0 Å².